The van der Waals surface area contributed by atoms with Gasteiger partial charge in [0.1, 0.15) is 11.6 Å². The summed E-state index contributed by atoms with van der Waals surface area (Å²) in [5.41, 5.74) is 4.17. The van der Waals surface area contributed by atoms with Crippen molar-refractivity contribution in [3.05, 3.63) is 60.2 Å². The molecule has 0 saturated carbocycles. The average Bonchev–Trinajstić information content (AvgIpc) is 3.08. The van der Waals surface area contributed by atoms with Crippen LogP contribution in [0.25, 0.3) is 22.1 Å². The molecule has 5 nitrogen and oxygen atoms in total. The largest absolute Gasteiger partial charge is 2.00 e. The number of hydrogen-bond donors (Lipinski definition) is 2. The fourth-order valence-electron chi connectivity index (χ4n) is 2.73. The molecule has 2 N–H and O–H groups in total. The number of nitrogens with one attached hydrogen (secondary N) is 2. The molecule has 0 unspecified atom stereocenters. The second kappa shape index (κ2) is 9.21. The fraction of sp³-hybridized carbons (Fsp3) is 0.176. The first-order valence-corrected chi connectivity index (χ1v) is 7.34. The van der Waals surface area contributed by atoms with Crippen molar-refractivity contribution in [2.24, 2.45) is 0 Å². The summed E-state index contributed by atoms with van der Waals surface area (Å²) in [4.78, 5) is 18.1. The second-order valence-electron chi connectivity index (χ2n) is 5.57. The molecule has 2 heterocycles. The van der Waals surface area contributed by atoms with Gasteiger partial charge in [0.15, 0.2) is 0 Å². The smallest absolute Gasteiger partial charge is 1.00 e. The van der Waals surface area contributed by atoms with Gasteiger partial charge < -0.3 is 34.8 Å². The van der Waals surface area contributed by atoms with Gasteiger partial charge in [0.05, 0.1) is 35.2 Å². The number of rotatable bonds is 4. The van der Waals surface area contributed by atoms with Crippen molar-refractivity contribution in [2.75, 3.05) is 7.05 Å². The number of halogens is 2. The van der Waals surface area contributed by atoms with Crippen molar-refractivity contribution < 1.29 is 41.6 Å². The van der Waals surface area contributed by atoms with Gasteiger partial charge in [0, 0.05) is 0 Å². The van der Waals surface area contributed by atoms with E-state index >= 15 is 0 Å². The molecule has 2 aromatic carbocycles. The molecule has 0 atom stereocenters. The normalized spacial score (nSPS) is 10.3. The standard InChI is InChI=1S/C17H17N5.2ClH.Co/c1-22(10-16-18-12-6-2-3-7-13(12)19-16)11-17-20-14-8-4-5-9-15(14)21-17;;;/h2-9H,10-11H2,1H3,(H,18,19)(H,20,21);2*1H;/q;;;+2/p-2. The number of fused-ring (bicyclic) bond motifs is 2. The Bertz CT molecular complexity index is 795. The Labute approximate surface area is 168 Å². The van der Waals surface area contributed by atoms with E-state index in [1.165, 1.54) is 0 Å². The second-order valence-corrected chi connectivity index (χ2v) is 5.57. The van der Waals surface area contributed by atoms with Crippen LogP contribution in [0.5, 0.6) is 0 Å². The third-order valence-corrected chi connectivity index (χ3v) is 3.72. The van der Waals surface area contributed by atoms with Crippen LogP contribution in [0.3, 0.4) is 0 Å². The van der Waals surface area contributed by atoms with E-state index in [9.17, 15) is 0 Å². The first kappa shape index (κ1) is 21.5. The number of aromatic nitrogens is 4. The molecular formula is C17H17Cl2CoN5. The molecule has 1 radical (unpaired) electrons. The van der Waals surface area contributed by atoms with Crippen LogP contribution < -0.4 is 24.8 Å². The first-order chi connectivity index (χ1) is 10.8. The SMILES string of the molecule is CN(Cc1nc2ccccc2[nH]1)Cc1nc2ccccc2[nH]1.[Cl-].[Cl-].[Co+2]. The number of imidazole rings is 2. The minimum Gasteiger partial charge on any atom is -1.00 e. The van der Waals surface area contributed by atoms with E-state index in [2.05, 4.69) is 31.9 Å². The van der Waals surface area contributed by atoms with Gasteiger partial charge in [0.2, 0.25) is 0 Å². The number of hydrogen-bond acceptors (Lipinski definition) is 3. The summed E-state index contributed by atoms with van der Waals surface area (Å²) in [7, 11) is 2.07. The van der Waals surface area contributed by atoms with Gasteiger partial charge in [-0.3, -0.25) is 4.90 Å². The van der Waals surface area contributed by atoms with E-state index in [0.717, 1.165) is 46.8 Å². The van der Waals surface area contributed by atoms with Gasteiger partial charge >= 0.3 is 16.8 Å². The minimum absolute atomic E-state index is 0. The predicted octanol–water partition coefficient (Wildman–Crippen LogP) is -2.92. The van der Waals surface area contributed by atoms with Crippen LogP contribution >= 0.6 is 0 Å². The number of benzene rings is 2. The molecule has 0 aliphatic heterocycles. The van der Waals surface area contributed by atoms with Gasteiger partial charge in [-0.2, -0.15) is 0 Å². The molecule has 0 bridgehead atoms. The molecule has 0 spiro atoms. The number of para-hydroxylation sites is 4. The molecule has 8 heteroatoms. The van der Waals surface area contributed by atoms with Crippen LogP contribution in [0.15, 0.2) is 48.5 Å². The summed E-state index contributed by atoms with van der Waals surface area (Å²) in [5, 5.41) is 0. The Balaban J connectivity index is 0.00000104. The van der Waals surface area contributed by atoms with Crippen LogP contribution in [0, 0.1) is 0 Å². The summed E-state index contributed by atoms with van der Waals surface area (Å²) in [6, 6.07) is 16.2. The molecule has 2 aromatic heterocycles. The third kappa shape index (κ3) is 4.74. The van der Waals surface area contributed by atoms with E-state index in [4.69, 9.17) is 0 Å². The van der Waals surface area contributed by atoms with Crippen molar-refractivity contribution in [3.8, 4) is 0 Å². The Morgan fingerprint density at radius 2 is 1.16 bits per heavy atom. The van der Waals surface area contributed by atoms with Gasteiger partial charge in [0.25, 0.3) is 0 Å². The molecule has 0 saturated heterocycles. The molecule has 0 aliphatic carbocycles. The Hall–Kier alpha value is -1.57. The zero-order valence-electron chi connectivity index (χ0n) is 13.5. The van der Waals surface area contributed by atoms with Crippen molar-refractivity contribution in [3.63, 3.8) is 0 Å². The zero-order chi connectivity index (χ0) is 14.9. The van der Waals surface area contributed by atoms with E-state index < -0.39 is 0 Å². The first-order valence-electron chi connectivity index (χ1n) is 7.34. The van der Waals surface area contributed by atoms with Gasteiger partial charge in [-0.25, -0.2) is 9.97 Å². The zero-order valence-corrected chi connectivity index (χ0v) is 16.0. The van der Waals surface area contributed by atoms with Crippen LogP contribution in [-0.4, -0.2) is 31.9 Å². The molecule has 133 valence electrons. The number of H-pyrrole nitrogens is 2. The minimum atomic E-state index is 0. The van der Waals surface area contributed by atoms with Crippen molar-refractivity contribution in [2.45, 2.75) is 13.1 Å². The van der Waals surface area contributed by atoms with Gasteiger partial charge in [-0.1, -0.05) is 24.3 Å². The molecule has 4 aromatic rings. The quantitative estimate of drug-likeness (QED) is 0.371. The molecule has 0 fully saturated rings. The van der Waals surface area contributed by atoms with Gasteiger partial charge in [-0.15, -0.1) is 0 Å². The summed E-state index contributed by atoms with van der Waals surface area (Å²) < 4.78 is 0. The summed E-state index contributed by atoms with van der Waals surface area (Å²) >= 11 is 0. The monoisotopic (exact) mass is 420 g/mol. The Morgan fingerprint density at radius 1 is 0.760 bits per heavy atom. The summed E-state index contributed by atoms with van der Waals surface area (Å²) in [6.07, 6.45) is 0. The maximum absolute atomic E-state index is 4.61. The maximum Gasteiger partial charge on any atom is 2.00 e. The predicted molar refractivity (Wildman–Crippen MR) is 87.4 cm³/mol. The molecule has 0 amide bonds. The molecular weight excluding hydrogens is 404 g/mol. The summed E-state index contributed by atoms with van der Waals surface area (Å²) in [6.45, 7) is 1.51. The van der Waals surface area contributed by atoms with Crippen molar-refractivity contribution in [1.29, 1.82) is 0 Å². The van der Waals surface area contributed by atoms with E-state index in [0.29, 0.717) is 0 Å². The number of aromatic amines is 2. The number of nitrogens with zero attached hydrogens (tertiary/aromatic N) is 3. The van der Waals surface area contributed by atoms with E-state index in [1.54, 1.807) is 0 Å². The van der Waals surface area contributed by atoms with Gasteiger partial charge in [-0.05, 0) is 31.3 Å². The average molecular weight is 421 g/mol. The van der Waals surface area contributed by atoms with E-state index in [1.807, 2.05) is 48.5 Å². The Kier molecular flexibility index (Phi) is 7.91. The molecule has 4 rings (SSSR count). The van der Waals surface area contributed by atoms with Crippen LogP contribution in [-0.2, 0) is 29.9 Å². The topological polar surface area (TPSA) is 60.6 Å². The van der Waals surface area contributed by atoms with Crippen molar-refractivity contribution in [1.82, 2.24) is 24.8 Å². The maximum atomic E-state index is 4.61. The fourth-order valence-corrected chi connectivity index (χ4v) is 2.73. The van der Waals surface area contributed by atoms with Crippen LogP contribution in [0.2, 0.25) is 0 Å². The van der Waals surface area contributed by atoms with Crippen LogP contribution in [0.4, 0.5) is 0 Å². The third-order valence-electron chi connectivity index (χ3n) is 3.72. The van der Waals surface area contributed by atoms with Crippen LogP contribution in [0.1, 0.15) is 11.6 Å². The molecule has 0 aliphatic rings. The van der Waals surface area contributed by atoms with Crippen molar-refractivity contribution >= 4 is 22.1 Å². The molecule has 25 heavy (non-hydrogen) atoms. The van der Waals surface area contributed by atoms with E-state index in [-0.39, 0.29) is 41.6 Å². The Morgan fingerprint density at radius 3 is 1.56 bits per heavy atom. The summed E-state index contributed by atoms with van der Waals surface area (Å²) in [5.74, 6) is 1.94.